The van der Waals surface area contributed by atoms with Crippen molar-refractivity contribution in [3.05, 3.63) is 40.7 Å². The lowest BCUT2D eigenvalue weighted by molar-refractivity contribution is -0.121. The minimum absolute atomic E-state index is 0. The Morgan fingerprint density at radius 2 is 2.10 bits per heavy atom. The second kappa shape index (κ2) is 7.99. The van der Waals surface area contributed by atoms with Crippen LogP contribution in [0.15, 0.2) is 35.7 Å². The maximum absolute atomic E-state index is 11.5. The van der Waals surface area contributed by atoms with Crippen LogP contribution in [-0.2, 0) is 4.79 Å². The largest absolute Gasteiger partial charge is 0.347 e. The van der Waals surface area contributed by atoms with Gasteiger partial charge in [-0.25, -0.2) is 4.98 Å². The fourth-order valence-electron chi connectivity index (χ4n) is 1.73. The van der Waals surface area contributed by atoms with E-state index >= 15 is 0 Å². The molecule has 1 amide bonds. The standard InChI is InChI=1S/C14H17N3OS.ClH/c1-10(16-13(18)7-8-15)14-17-12(9-19-14)11-5-3-2-4-6-11;/h2-6,9-10H,7-8,15H2,1H3,(H,16,18);1H. The van der Waals surface area contributed by atoms with Crippen molar-refractivity contribution in [2.45, 2.75) is 19.4 Å². The van der Waals surface area contributed by atoms with E-state index in [1.54, 1.807) is 11.3 Å². The molecule has 2 rings (SSSR count). The Morgan fingerprint density at radius 1 is 1.40 bits per heavy atom. The molecule has 0 aliphatic rings. The molecule has 0 spiro atoms. The Labute approximate surface area is 128 Å². The minimum atomic E-state index is -0.0819. The molecule has 20 heavy (non-hydrogen) atoms. The third kappa shape index (κ3) is 4.30. The molecule has 3 N–H and O–H groups in total. The van der Waals surface area contributed by atoms with Crippen LogP contribution in [0.5, 0.6) is 0 Å². The van der Waals surface area contributed by atoms with Gasteiger partial charge < -0.3 is 11.1 Å². The number of rotatable bonds is 5. The third-order valence-corrected chi connectivity index (χ3v) is 3.74. The van der Waals surface area contributed by atoms with E-state index in [1.807, 2.05) is 42.6 Å². The smallest absolute Gasteiger partial charge is 0.221 e. The number of nitrogens with two attached hydrogens (primary N) is 1. The number of amides is 1. The second-order valence-corrected chi connectivity index (χ2v) is 5.15. The molecule has 0 aliphatic heterocycles. The monoisotopic (exact) mass is 311 g/mol. The van der Waals surface area contributed by atoms with Gasteiger partial charge in [-0.3, -0.25) is 4.79 Å². The van der Waals surface area contributed by atoms with Crippen LogP contribution in [-0.4, -0.2) is 17.4 Å². The van der Waals surface area contributed by atoms with Crippen molar-refractivity contribution in [1.29, 1.82) is 0 Å². The Kier molecular flexibility index (Phi) is 6.64. The first-order chi connectivity index (χ1) is 9.20. The molecule has 0 fully saturated rings. The molecule has 0 saturated heterocycles. The molecule has 1 aromatic heterocycles. The molecule has 4 nitrogen and oxygen atoms in total. The fraction of sp³-hybridized carbons (Fsp3) is 0.286. The number of carbonyl (C=O) groups excluding carboxylic acids is 1. The van der Waals surface area contributed by atoms with Crippen molar-refractivity contribution in [3.63, 3.8) is 0 Å². The van der Waals surface area contributed by atoms with Gasteiger partial charge in [-0.05, 0) is 6.92 Å². The van der Waals surface area contributed by atoms with Gasteiger partial charge in [0.1, 0.15) is 5.01 Å². The highest BCUT2D eigenvalue weighted by Gasteiger charge is 2.13. The van der Waals surface area contributed by atoms with Crippen molar-refractivity contribution >= 4 is 29.7 Å². The first-order valence-corrected chi connectivity index (χ1v) is 7.09. The Hall–Kier alpha value is -1.43. The van der Waals surface area contributed by atoms with Crippen LogP contribution in [0.3, 0.4) is 0 Å². The number of halogens is 1. The van der Waals surface area contributed by atoms with E-state index in [2.05, 4.69) is 10.3 Å². The summed E-state index contributed by atoms with van der Waals surface area (Å²) in [5.74, 6) is -0.0357. The van der Waals surface area contributed by atoms with Crippen molar-refractivity contribution in [1.82, 2.24) is 10.3 Å². The average molecular weight is 312 g/mol. The van der Waals surface area contributed by atoms with Gasteiger partial charge in [0.15, 0.2) is 0 Å². The number of benzene rings is 1. The summed E-state index contributed by atoms with van der Waals surface area (Å²) in [5.41, 5.74) is 7.38. The highest BCUT2D eigenvalue weighted by Crippen LogP contribution is 2.25. The number of hydrogen-bond acceptors (Lipinski definition) is 4. The fourth-order valence-corrected chi connectivity index (χ4v) is 2.57. The zero-order chi connectivity index (χ0) is 13.7. The van der Waals surface area contributed by atoms with Crippen LogP contribution in [0.4, 0.5) is 0 Å². The number of hydrogen-bond donors (Lipinski definition) is 2. The molecule has 1 atom stereocenters. The first-order valence-electron chi connectivity index (χ1n) is 6.21. The molecular weight excluding hydrogens is 294 g/mol. The maximum Gasteiger partial charge on any atom is 0.221 e. The first kappa shape index (κ1) is 16.6. The van der Waals surface area contributed by atoms with Crippen LogP contribution in [0, 0.1) is 0 Å². The average Bonchev–Trinajstić information content (AvgIpc) is 2.89. The molecule has 0 aliphatic carbocycles. The third-order valence-electron chi connectivity index (χ3n) is 2.71. The van der Waals surface area contributed by atoms with E-state index in [9.17, 15) is 4.79 Å². The number of nitrogens with zero attached hydrogens (tertiary/aromatic N) is 1. The molecule has 0 bridgehead atoms. The summed E-state index contributed by atoms with van der Waals surface area (Å²) in [6, 6.07) is 9.92. The van der Waals surface area contributed by atoms with Crippen LogP contribution in [0.2, 0.25) is 0 Å². The number of carbonyl (C=O) groups is 1. The van der Waals surface area contributed by atoms with Gasteiger partial charge in [0.25, 0.3) is 0 Å². The van der Waals surface area contributed by atoms with Crippen molar-refractivity contribution in [2.24, 2.45) is 5.73 Å². The van der Waals surface area contributed by atoms with Gasteiger partial charge in [-0.1, -0.05) is 30.3 Å². The predicted molar refractivity (Wildman–Crippen MR) is 85.0 cm³/mol. The van der Waals surface area contributed by atoms with Crippen molar-refractivity contribution in [3.8, 4) is 11.3 Å². The molecule has 1 unspecified atom stereocenters. The van der Waals surface area contributed by atoms with Crippen LogP contribution in [0.1, 0.15) is 24.4 Å². The van der Waals surface area contributed by atoms with Crippen molar-refractivity contribution < 1.29 is 4.79 Å². The molecule has 1 heterocycles. The molecule has 0 radical (unpaired) electrons. The van der Waals surface area contributed by atoms with E-state index in [0.717, 1.165) is 16.3 Å². The summed E-state index contributed by atoms with van der Waals surface area (Å²) >= 11 is 1.56. The van der Waals surface area contributed by atoms with Gasteiger partial charge >= 0.3 is 0 Å². The highest BCUT2D eigenvalue weighted by atomic mass is 35.5. The molecule has 108 valence electrons. The van der Waals surface area contributed by atoms with E-state index in [1.165, 1.54) is 0 Å². The van der Waals surface area contributed by atoms with Gasteiger partial charge in [-0.15, -0.1) is 23.7 Å². The van der Waals surface area contributed by atoms with Gasteiger partial charge in [0.2, 0.25) is 5.91 Å². The van der Waals surface area contributed by atoms with Crippen molar-refractivity contribution in [2.75, 3.05) is 6.54 Å². The lowest BCUT2D eigenvalue weighted by atomic mass is 10.2. The van der Waals surface area contributed by atoms with E-state index in [4.69, 9.17) is 5.73 Å². The molecular formula is C14H18ClN3OS. The summed E-state index contributed by atoms with van der Waals surface area (Å²) in [7, 11) is 0. The van der Waals surface area contributed by atoms with Crippen LogP contribution in [0.25, 0.3) is 11.3 Å². The summed E-state index contributed by atoms with van der Waals surface area (Å²) in [5, 5.41) is 5.81. The van der Waals surface area contributed by atoms with Gasteiger partial charge in [0, 0.05) is 23.9 Å². The zero-order valence-corrected chi connectivity index (χ0v) is 12.8. The van der Waals surface area contributed by atoms with E-state index in [-0.39, 0.29) is 24.4 Å². The zero-order valence-electron chi connectivity index (χ0n) is 11.2. The molecule has 0 saturated carbocycles. The van der Waals surface area contributed by atoms with E-state index < -0.39 is 0 Å². The van der Waals surface area contributed by atoms with Crippen LogP contribution < -0.4 is 11.1 Å². The number of thiazole rings is 1. The molecule has 6 heteroatoms. The van der Waals surface area contributed by atoms with E-state index in [0.29, 0.717) is 13.0 Å². The van der Waals surface area contributed by atoms with Gasteiger partial charge in [-0.2, -0.15) is 0 Å². The van der Waals surface area contributed by atoms with Gasteiger partial charge in [0.05, 0.1) is 11.7 Å². The minimum Gasteiger partial charge on any atom is -0.347 e. The summed E-state index contributed by atoms with van der Waals surface area (Å²) in [6.45, 7) is 2.30. The molecule has 2 aromatic rings. The Balaban J connectivity index is 0.00000200. The normalized spacial score (nSPS) is 11.5. The lowest BCUT2D eigenvalue weighted by Gasteiger charge is -2.10. The topological polar surface area (TPSA) is 68.0 Å². The number of aromatic nitrogens is 1. The maximum atomic E-state index is 11.5. The summed E-state index contributed by atoms with van der Waals surface area (Å²) in [4.78, 5) is 16.1. The SMILES string of the molecule is CC(NC(=O)CCN)c1nc(-c2ccccc2)cs1.Cl. The quantitative estimate of drug-likeness (QED) is 0.892. The molecule has 1 aromatic carbocycles. The lowest BCUT2D eigenvalue weighted by Crippen LogP contribution is -2.28. The summed E-state index contributed by atoms with van der Waals surface area (Å²) < 4.78 is 0. The Bertz CT molecular complexity index is 544. The highest BCUT2D eigenvalue weighted by molar-refractivity contribution is 7.10. The number of nitrogens with one attached hydrogen (secondary N) is 1. The predicted octanol–water partition coefficient (Wildman–Crippen LogP) is 2.76. The van der Waals surface area contributed by atoms with Crippen LogP contribution >= 0.6 is 23.7 Å². The summed E-state index contributed by atoms with van der Waals surface area (Å²) in [6.07, 6.45) is 0.348. The Morgan fingerprint density at radius 3 is 2.75 bits per heavy atom. The second-order valence-electron chi connectivity index (χ2n) is 4.26.